The van der Waals surface area contributed by atoms with Gasteiger partial charge >= 0.3 is 5.97 Å². The van der Waals surface area contributed by atoms with E-state index in [4.69, 9.17) is 4.18 Å². The molecule has 4 aliphatic rings. The second-order valence-corrected chi connectivity index (χ2v) is 13.5. The Morgan fingerprint density at radius 1 is 1.10 bits per heavy atom. The quantitative estimate of drug-likeness (QED) is 0.537. The third-order valence-corrected chi connectivity index (χ3v) is 11.1. The Labute approximate surface area is 188 Å². The zero-order valence-corrected chi connectivity index (χ0v) is 20.6. The number of carbonyl (C=O) groups is 1. The van der Waals surface area contributed by atoms with E-state index in [0.717, 1.165) is 25.2 Å². The van der Waals surface area contributed by atoms with Gasteiger partial charge in [-0.3, -0.25) is 8.98 Å². The summed E-state index contributed by atoms with van der Waals surface area (Å²) in [6.45, 7) is 6.95. The molecule has 5 nitrogen and oxygen atoms in total. The molecule has 1 N–H and O–H groups in total. The highest BCUT2D eigenvalue weighted by atomic mass is 32.2. The highest BCUT2D eigenvalue weighted by Crippen LogP contribution is 2.69. The molecular formula is C25H42O5S. The Morgan fingerprint density at radius 2 is 1.84 bits per heavy atom. The average Bonchev–Trinajstić information content (AvgIpc) is 3.04. The maximum Gasteiger partial charge on any atom is 0.303 e. The normalized spacial score (nSPS) is 45.9. The number of hydrogen-bond donors (Lipinski definition) is 1. The van der Waals surface area contributed by atoms with E-state index in [1.165, 1.54) is 44.8 Å². The number of carboxylic acid groups (broad SMARTS) is 1. The van der Waals surface area contributed by atoms with Crippen molar-refractivity contribution in [1.29, 1.82) is 0 Å². The van der Waals surface area contributed by atoms with Crippen molar-refractivity contribution in [2.45, 2.75) is 97.5 Å². The smallest absolute Gasteiger partial charge is 0.303 e. The maximum absolute atomic E-state index is 12.3. The predicted molar refractivity (Wildman–Crippen MR) is 121 cm³/mol. The van der Waals surface area contributed by atoms with Gasteiger partial charge in [-0.05, 0) is 92.3 Å². The maximum atomic E-state index is 12.3. The van der Waals surface area contributed by atoms with Gasteiger partial charge in [0, 0.05) is 11.8 Å². The number of aliphatic carboxylic acids is 1. The lowest BCUT2D eigenvalue weighted by Crippen LogP contribution is -2.59. The summed E-state index contributed by atoms with van der Waals surface area (Å²) in [6.07, 6.45) is 12.6. The number of rotatable bonds is 6. The van der Waals surface area contributed by atoms with Crippen LogP contribution in [0.2, 0.25) is 0 Å². The zero-order valence-electron chi connectivity index (χ0n) is 19.8. The minimum absolute atomic E-state index is 0.182. The van der Waals surface area contributed by atoms with Crippen LogP contribution in [0.4, 0.5) is 0 Å². The van der Waals surface area contributed by atoms with Crippen LogP contribution in [-0.2, 0) is 19.1 Å². The lowest BCUT2D eigenvalue weighted by molar-refractivity contribution is -0.159. The Balaban J connectivity index is 1.68. The van der Waals surface area contributed by atoms with Crippen LogP contribution in [0.1, 0.15) is 91.4 Å². The molecule has 0 bridgehead atoms. The molecule has 0 aromatic rings. The van der Waals surface area contributed by atoms with Crippen LogP contribution in [0.5, 0.6) is 0 Å². The second-order valence-electron chi connectivity index (χ2n) is 11.9. The Morgan fingerprint density at radius 3 is 2.52 bits per heavy atom. The van der Waals surface area contributed by atoms with Gasteiger partial charge in [-0.25, -0.2) is 0 Å². The number of carboxylic acids is 1. The molecule has 178 valence electrons. The molecular weight excluding hydrogens is 412 g/mol. The summed E-state index contributed by atoms with van der Waals surface area (Å²) in [7, 11) is -3.56. The highest BCUT2D eigenvalue weighted by Gasteiger charge is 2.64. The third kappa shape index (κ3) is 4.09. The first-order chi connectivity index (χ1) is 14.5. The van der Waals surface area contributed by atoms with E-state index in [1.807, 2.05) is 0 Å². The lowest BCUT2D eigenvalue weighted by Gasteiger charge is -2.62. The summed E-state index contributed by atoms with van der Waals surface area (Å²) < 4.78 is 30.6. The van der Waals surface area contributed by atoms with Crippen molar-refractivity contribution in [2.24, 2.45) is 46.3 Å². The van der Waals surface area contributed by atoms with E-state index in [1.54, 1.807) is 0 Å². The molecule has 0 aromatic heterocycles. The minimum atomic E-state index is -3.56. The fourth-order valence-corrected chi connectivity index (χ4v) is 9.81. The Hall–Kier alpha value is -0.620. The van der Waals surface area contributed by atoms with E-state index in [-0.39, 0.29) is 23.9 Å². The van der Waals surface area contributed by atoms with Gasteiger partial charge in [0.1, 0.15) is 0 Å². The van der Waals surface area contributed by atoms with Crippen LogP contribution in [0.25, 0.3) is 0 Å². The monoisotopic (exact) mass is 454 g/mol. The van der Waals surface area contributed by atoms with Crippen molar-refractivity contribution in [3.8, 4) is 0 Å². The fraction of sp³-hybridized carbons (Fsp3) is 0.960. The molecule has 31 heavy (non-hydrogen) atoms. The molecule has 9 atom stereocenters. The molecule has 0 amide bonds. The topological polar surface area (TPSA) is 80.7 Å². The van der Waals surface area contributed by atoms with E-state index in [9.17, 15) is 18.3 Å². The second kappa shape index (κ2) is 8.30. The number of hydrogen-bond acceptors (Lipinski definition) is 4. The first-order valence-corrected chi connectivity index (χ1v) is 14.4. The highest BCUT2D eigenvalue weighted by molar-refractivity contribution is 7.86. The van der Waals surface area contributed by atoms with Crippen molar-refractivity contribution >= 4 is 16.1 Å². The molecule has 4 aliphatic carbocycles. The van der Waals surface area contributed by atoms with E-state index >= 15 is 0 Å². The molecule has 4 saturated carbocycles. The molecule has 4 rings (SSSR count). The first kappa shape index (κ1) is 23.5. The van der Waals surface area contributed by atoms with E-state index < -0.39 is 16.1 Å². The van der Waals surface area contributed by atoms with Gasteiger partial charge in [0.15, 0.2) is 0 Å². The van der Waals surface area contributed by atoms with Crippen LogP contribution in [0.15, 0.2) is 0 Å². The molecule has 0 aliphatic heterocycles. The van der Waals surface area contributed by atoms with Gasteiger partial charge in [0.25, 0.3) is 10.1 Å². The largest absolute Gasteiger partial charge is 0.481 e. The molecule has 0 heterocycles. The van der Waals surface area contributed by atoms with Crippen molar-refractivity contribution in [3.63, 3.8) is 0 Å². The van der Waals surface area contributed by atoms with Crippen LogP contribution in [0.3, 0.4) is 0 Å². The average molecular weight is 455 g/mol. The summed E-state index contributed by atoms with van der Waals surface area (Å²) in [5.41, 5.74) is 0.120. The van der Waals surface area contributed by atoms with Crippen molar-refractivity contribution < 1.29 is 22.5 Å². The predicted octanol–water partition coefficient (Wildman–Crippen LogP) is 5.49. The van der Waals surface area contributed by atoms with Crippen LogP contribution < -0.4 is 0 Å². The molecule has 6 heteroatoms. The minimum Gasteiger partial charge on any atom is -0.481 e. The molecule has 0 radical (unpaired) electrons. The fourth-order valence-electron chi connectivity index (χ4n) is 9.10. The molecule has 0 spiro atoms. The van der Waals surface area contributed by atoms with Crippen LogP contribution in [-0.4, -0.2) is 31.9 Å². The summed E-state index contributed by atoms with van der Waals surface area (Å²) in [4.78, 5) is 11.2. The van der Waals surface area contributed by atoms with Gasteiger partial charge in [0.2, 0.25) is 0 Å². The number of fused-ring (bicyclic) bond motifs is 5. The Kier molecular flexibility index (Phi) is 6.30. The van der Waals surface area contributed by atoms with Crippen molar-refractivity contribution in [3.05, 3.63) is 0 Å². The van der Waals surface area contributed by atoms with Gasteiger partial charge in [0.05, 0.1) is 12.4 Å². The zero-order chi connectivity index (χ0) is 22.6. The Bertz CT molecular complexity index is 794. The molecule has 0 unspecified atom stereocenters. The van der Waals surface area contributed by atoms with Gasteiger partial charge in [-0.15, -0.1) is 0 Å². The van der Waals surface area contributed by atoms with Crippen molar-refractivity contribution in [1.82, 2.24) is 0 Å². The SMILES string of the molecule is C[C@H](CCC(=O)O)[C@H]1CC[C@H]2[C@@H]3CC[C@@H]4CCCC[C@]4(C)[C@H]3C[C@H](OS(C)(=O)=O)[C@]12C. The molecule has 0 saturated heterocycles. The van der Waals surface area contributed by atoms with Gasteiger partial charge in [-0.1, -0.05) is 33.6 Å². The van der Waals surface area contributed by atoms with Gasteiger partial charge < -0.3 is 5.11 Å². The van der Waals surface area contributed by atoms with Crippen LogP contribution in [0, 0.1) is 46.3 Å². The summed E-state index contributed by atoms with van der Waals surface area (Å²) in [5.74, 6) is 2.29. The lowest BCUT2D eigenvalue weighted by atomic mass is 9.44. The standard InChI is InChI=1S/C25H42O5S/c1-16(8-13-23(26)27)19-11-12-20-18-10-9-17-7-5-6-14-24(17,2)21(18)15-22(25(19,20)3)30-31(4,28)29/h16-22H,5-15H2,1-4H3,(H,26,27)/t16-,17+,18+,19-,20+,21+,22+,24+,25-/m1/s1. The van der Waals surface area contributed by atoms with E-state index in [0.29, 0.717) is 35.5 Å². The van der Waals surface area contributed by atoms with Crippen molar-refractivity contribution in [2.75, 3.05) is 6.26 Å². The van der Waals surface area contributed by atoms with Gasteiger partial charge in [-0.2, -0.15) is 8.42 Å². The third-order valence-electron chi connectivity index (χ3n) is 10.5. The molecule has 4 fully saturated rings. The summed E-state index contributed by atoms with van der Waals surface area (Å²) in [5, 5.41) is 9.20. The first-order valence-electron chi connectivity index (χ1n) is 12.6. The summed E-state index contributed by atoms with van der Waals surface area (Å²) in [6, 6.07) is 0. The van der Waals surface area contributed by atoms with Crippen LogP contribution >= 0.6 is 0 Å². The summed E-state index contributed by atoms with van der Waals surface area (Å²) >= 11 is 0. The van der Waals surface area contributed by atoms with E-state index in [2.05, 4.69) is 20.8 Å². The molecule has 0 aromatic carbocycles.